The van der Waals surface area contributed by atoms with E-state index in [0.717, 1.165) is 11.1 Å². The van der Waals surface area contributed by atoms with Crippen LogP contribution in [0.4, 0.5) is 4.79 Å². The van der Waals surface area contributed by atoms with Crippen LogP contribution in [0.15, 0.2) is 60.8 Å². The van der Waals surface area contributed by atoms with Crippen molar-refractivity contribution in [3.05, 3.63) is 82.0 Å². The molecule has 266 valence electrons. The van der Waals surface area contributed by atoms with E-state index in [1.807, 2.05) is 89.2 Å². The van der Waals surface area contributed by atoms with Gasteiger partial charge in [-0.15, -0.1) is 0 Å². The third kappa shape index (κ3) is 9.87. The maximum Gasteiger partial charge on any atom is 0.410 e. The molecule has 0 saturated carbocycles. The molecule has 0 aliphatic rings. The summed E-state index contributed by atoms with van der Waals surface area (Å²) < 4.78 is 22.0. The molecule has 12 heteroatoms. The molecular formula is C38H44Cl2N4O6. The molecule has 1 N–H and O–H groups in total. The third-order valence-electron chi connectivity index (χ3n) is 7.45. The lowest BCUT2D eigenvalue weighted by Crippen LogP contribution is -2.33. The molecule has 50 heavy (non-hydrogen) atoms. The minimum Gasteiger partial charge on any atom is -0.496 e. The molecule has 0 saturated heterocycles. The Morgan fingerprint density at radius 2 is 1.62 bits per heavy atom. The summed E-state index contributed by atoms with van der Waals surface area (Å²) >= 11 is 14.1. The predicted molar refractivity (Wildman–Crippen MR) is 197 cm³/mol. The lowest BCUT2D eigenvalue weighted by atomic mass is 9.99. The van der Waals surface area contributed by atoms with Gasteiger partial charge in [0.2, 0.25) is 5.88 Å². The standard InChI is InChI=1S/C38H44Cl2N4O6/c1-23(2)49-32(45)17-18-41-21-25-13-12-24(20-31(25)47-7)35-34(40)28(16-19-42-35)27-10-9-11-29(33(27)39)30-15-14-26(36(43-30)48-8)22-44(6)37(46)50-38(3,4)5/h9-16,19-20,23,41H,17-18,21-22H2,1-8H3. The summed E-state index contributed by atoms with van der Waals surface area (Å²) in [6.07, 6.45) is 1.38. The minimum atomic E-state index is -0.611. The fraction of sp³-hybridized carbons (Fsp3) is 0.368. The molecule has 0 atom stereocenters. The smallest absolute Gasteiger partial charge is 0.410 e. The van der Waals surface area contributed by atoms with Crippen molar-refractivity contribution in [2.45, 2.75) is 65.8 Å². The number of hydrogen-bond acceptors (Lipinski definition) is 9. The van der Waals surface area contributed by atoms with Crippen molar-refractivity contribution in [1.29, 1.82) is 0 Å². The van der Waals surface area contributed by atoms with Crippen LogP contribution < -0.4 is 14.8 Å². The van der Waals surface area contributed by atoms with Gasteiger partial charge in [-0.3, -0.25) is 9.78 Å². The molecule has 0 unspecified atom stereocenters. The van der Waals surface area contributed by atoms with Gasteiger partial charge in [-0.1, -0.05) is 53.5 Å². The van der Waals surface area contributed by atoms with Gasteiger partial charge in [0, 0.05) is 59.7 Å². The van der Waals surface area contributed by atoms with Crippen LogP contribution in [0.2, 0.25) is 10.0 Å². The van der Waals surface area contributed by atoms with Crippen molar-refractivity contribution < 1.29 is 28.5 Å². The average molecular weight is 724 g/mol. The number of benzene rings is 2. The van der Waals surface area contributed by atoms with E-state index >= 15 is 0 Å². The number of pyridine rings is 2. The van der Waals surface area contributed by atoms with E-state index in [0.29, 0.717) is 68.4 Å². The summed E-state index contributed by atoms with van der Waals surface area (Å²) in [4.78, 5) is 35.2. The number of aromatic nitrogens is 2. The Balaban J connectivity index is 1.57. The maximum atomic E-state index is 12.5. The first-order chi connectivity index (χ1) is 23.7. The van der Waals surface area contributed by atoms with Crippen LogP contribution in [0.5, 0.6) is 11.6 Å². The first-order valence-electron chi connectivity index (χ1n) is 16.2. The Kier molecular flexibility index (Phi) is 13.1. The zero-order chi connectivity index (χ0) is 36.6. The summed E-state index contributed by atoms with van der Waals surface area (Å²) in [6, 6.07) is 16.9. The van der Waals surface area contributed by atoms with E-state index in [-0.39, 0.29) is 25.0 Å². The SMILES string of the molecule is COc1cc(-c2nccc(-c3cccc(-c4ccc(CN(C)C(=O)OC(C)(C)C)c(OC)n4)c3Cl)c2Cl)ccc1CNCCC(=O)OC(C)C. The number of nitrogens with zero attached hydrogens (tertiary/aromatic N) is 3. The van der Waals surface area contributed by atoms with E-state index in [1.165, 1.54) is 12.0 Å². The largest absolute Gasteiger partial charge is 0.496 e. The Labute approximate surface area is 304 Å². The monoisotopic (exact) mass is 722 g/mol. The second-order valence-corrected chi connectivity index (χ2v) is 13.6. The third-order valence-corrected chi connectivity index (χ3v) is 8.24. The minimum absolute atomic E-state index is 0.139. The number of carbonyl (C=O) groups excluding carboxylic acids is 2. The number of hydrogen-bond donors (Lipinski definition) is 1. The summed E-state index contributed by atoms with van der Waals surface area (Å²) in [6.45, 7) is 10.3. The molecule has 4 aromatic rings. The number of nitrogens with one attached hydrogen (secondary N) is 1. The Bertz CT molecular complexity index is 1830. The Morgan fingerprint density at radius 1 is 0.920 bits per heavy atom. The van der Waals surface area contributed by atoms with Crippen LogP contribution in [-0.4, -0.2) is 66.4 Å². The first-order valence-corrected chi connectivity index (χ1v) is 17.0. The molecule has 2 aromatic heterocycles. The van der Waals surface area contributed by atoms with Gasteiger partial charge in [0.15, 0.2) is 0 Å². The van der Waals surface area contributed by atoms with E-state index in [2.05, 4.69) is 10.3 Å². The fourth-order valence-electron chi connectivity index (χ4n) is 5.14. The molecule has 10 nitrogen and oxygen atoms in total. The van der Waals surface area contributed by atoms with Crippen molar-refractivity contribution >= 4 is 35.3 Å². The maximum absolute atomic E-state index is 12.5. The molecule has 4 rings (SSSR count). The van der Waals surface area contributed by atoms with Crippen LogP contribution >= 0.6 is 23.2 Å². The van der Waals surface area contributed by atoms with E-state index in [4.69, 9.17) is 47.1 Å². The lowest BCUT2D eigenvalue weighted by molar-refractivity contribution is -0.147. The average Bonchev–Trinajstić information content (AvgIpc) is 3.06. The second kappa shape index (κ2) is 17.0. The predicted octanol–water partition coefficient (Wildman–Crippen LogP) is 8.60. The molecule has 0 radical (unpaired) electrons. The molecule has 0 fully saturated rings. The number of ether oxygens (including phenoxy) is 4. The fourth-order valence-corrected chi connectivity index (χ4v) is 5.79. The van der Waals surface area contributed by atoms with Gasteiger partial charge >= 0.3 is 12.1 Å². The number of carbonyl (C=O) groups is 2. The van der Waals surface area contributed by atoms with Crippen LogP contribution in [0, 0.1) is 0 Å². The topological polar surface area (TPSA) is 112 Å². The van der Waals surface area contributed by atoms with E-state index < -0.39 is 11.7 Å². The normalized spacial score (nSPS) is 11.3. The molecule has 1 amide bonds. The zero-order valence-corrected chi connectivity index (χ0v) is 31.2. The zero-order valence-electron chi connectivity index (χ0n) is 29.7. The Morgan fingerprint density at radius 3 is 2.30 bits per heavy atom. The number of rotatable bonds is 13. The summed E-state index contributed by atoms with van der Waals surface area (Å²) in [5.41, 5.74) is 5.03. The Hall–Kier alpha value is -4.38. The number of methoxy groups -OCH3 is 2. The molecule has 2 aromatic carbocycles. The molecule has 0 aliphatic heterocycles. The van der Waals surface area contributed by atoms with Gasteiger partial charge in [0.1, 0.15) is 11.4 Å². The molecule has 2 heterocycles. The molecule has 0 bridgehead atoms. The van der Waals surface area contributed by atoms with Crippen molar-refractivity contribution in [3.63, 3.8) is 0 Å². The van der Waals surface area contributed by atoms with Crippen LogP contribution in [0.3, 0.4) is 0 Å². The first kappa shape index (κ1) is 38.4. The number of esters is 1. The number of halogens is 2. The summed E-state index contributed by atoms with van der Waals surface area (Å²) in [7, 11) is 4.80. The second-order valence-electron chi connectivity index (χ2n) is 12.9. The summed E-state index contributed by atoms with van der Waals surface area (Å²) in [5, 5.41) is 4.15. The van der Waals surface area contributed by atoms with E-state index in [9.17, 15) is 9.59 Å². The van der Waals surface area contributed by atoms with Crippen LogP contribution in [0.1, 0.15) is 52.2 Å². The molecular weight excluding hydrogens is 679 g/mol. The van der Waals surface area contributed by atoms with Gasteiger partial charge in [-0.2, -0.15) is 0 Å². The van der Waals surface area contributed by atoms with Crippen LogP contribution in [0.25, 0.3) is 33.6 Å². The highest BCUT2D eigenvalue weighted by molar-refractivity contribution is 6.39. The highest BCUT2D eigenvalue weighted by Crippen LogP contribution is 2.42. The van der Waals surface area contributed by atoms with Crippen molar-refractivity contribution in [1.82, 2.24) is 20.2 Å². The van der Waals surface area contributed by atoms with Crippen molar-refractivity contribution in [3.8, 4) is 45.3 Å². The quantitative estimate of drug-likeness (QED) is 0.107. The lowest BCUT2D eigenvalue weighted by Gasteiger charge is -2.25. The van der Waals surface area contributed by atoms with Crippen molar-refractivity contribution in [2.24, 2.45) is 0 Å². The van der Waals surface area contributed by atoms with Crippen molar-refractivity contribution in [2.75, 3.05) is 27.8 Å². The molecule has 0 spiro atoms. The van der Waals surface area contributed by atoms with Gasteiger partial charge < -0.3 is 29.2 Å². The van der Waals surface area contributed by atoms with Crippen LogP contribution in [-0.2, 0) is 27.4 Å². The van der Waals surface area contributed by atoms with Gasteiger partial charge in [-0.05, 0) is 58.9 Å². The number of amides is 1. The van der Waals surface area contributed by atoms with Gasteiger partial charge in [0.25, 0.3) is 0 Å². The van der Waals surface area contributed by atoms with Gasteiger partial charge in [-0.25, -0.2) is 9.78 Å². The highest BCUT2D eigenvalue weighted by atomic mass is 35.5. The highest BCUT2D eigenvalue weighted by Gasteiger charge is 2.22. The van der Waals surface area contributed by atoms with Gasteiger partial charge in [0.05, 0.1) is 54.7 Å². The molecule has 0 aliphatic carbocycles. The summed E-state index contributed by atoms with van der Waals surface area (Å²) in [5.74, 6) is 0.781. The van der Waals surface area contributed by atoms with E-state index in [1.54, 1.807) is 20.4 Å².